The number of aliphatic hydroxyl groups excluding tert-OH is 1. The second-order valence-corrected chi connectivity index (χ2v) is 4.37. The highest BCUT2D eigenvalue weighted by Crippen LogP contribution is 2.17. The molecule has 1 unspecified atom stereocenters. The van der Waals surface area contributed by atoms with Crippen LogP contribution in [0.1, 0.15) is 18.5 Å². The minimum absolute atomic E-state index is 0.321. The van der Waals surface area contributed by atoms with Crippen molar-refractivity contribution < 1.29 is 5.11 Å². The minimum Gasteiger partial charge on any atom is -0.396 e. The lowest BCUT2D eigenvalue weighted by atomic mass is 9.99. The van der Waals surface area contributed by atoms with Gasteiger partial charge in [-0.1, -0.05) is 0 Å². The summed E-state index contributed by atoms with van der Waals surface area (Å²) in [5, 5.41) is 13.3. The SMILES string of the molecule is Cn1nccc1CN1CCCC(CO)C1. The van der Waals surface area contributed by atoms with Gasteiger partial charge in [0.1, 0.15) is 0 Å². The fourth-order valence-corrected chi connectivity index (χ4v) is 2.23. The first-order valence-corrected chi connectivity index (χ1v) is 5.59. The molecular formula is C11H19N3O. The summed E-state index contributed by atoms with van der Waals surface area (Å²) in [6.07, 6.45) is 4.20. The molecule has 1 N–H and O–H groups in total. The molecule has 1 aliphatic rings. The van der Waals surface area contributed by atoms with E-state index in [9.17, 15) is 0 Å². The topological polar surface area (TPSA) is 41.3 Å². The number of piperidine rings is 1. The molecule has 0 aromatic carbocycles. The quantitative estimate of drug-likeness (QED) is 0.793. The Morgan fingerprint density at radius 1 is 1.60 bits per heavy atom. The summed E-state index contributed by atoms with van der Waals surface area (Å²) in [4.78, 5) is 2.40. The molecule has 0 amide bonds. The molecular weight excluding hydrogens is 190 g/mol. The van der Waals surface area contributed by atoms with Crippen molar-refractivity contribution in [1.29, 1.82) is 0 Å². The summed E-state index contributed by atoms with van der Waals surface area (Å²) < 4.78 is 1.92. The number of likely N-dealkylation sites (tertiary alicyclic amines) is 1. The molecule has 0 radical (unpaired) electrons. The largest absolute Gasteiger partial charge is 0.396 e. The second kappa shape index (κ2) is 4.77. The van der Waals surface area contributed by atoms with Gasteiger partial charge in [0, 0.05) is 32.9 Å². The maximum Gasteiger partial charge on any atom is 0.0521 e. The van der Waals surface area contributed by atoms with E-state index in [0.717, 1.165) is 19.6 Å². The monoisotopic (exact) mass is 209 g/mol. The molecule has 1 aromatic heterocycles. The highest BCUT2D eigenvalue weighted by atomic mass is 16.3. The summed E-state index contributed by atoms with van der Waals surface area (Å²) in [5.41, 5.74) is 1.24. The number of rotatable bonds is 3. The highest BCUT2D eigenvalue weighted by Gasteiger charge is 2.19. The van der Waals surface area contributed by atoms with Gasteiger partial charge in [0.05, 0.1) is 5.69 Å². The first-order valence-electron chi connectivity index (χ1n) is 5.59. The fourth-order valence-electron chi connectivity index (χ4n) is 2.23. The van der Waals surface area contributed by atoms with Crippen LogP contribution in [0.4, 0.5) is 0 Å². The van der Waals surface area contributed by atoms with Gasteiger partial charge in [-0.15, -0.1) is 0 Å². The Morgan fingerprint density at radius 2 is 2.47 bits per heavy atom. The minimum atomic E-state index is 0.321. The third kappa shape index (κ3) is 2.58. The van der Waals surface area contributed by atoms with E-state index in [4.69, 9.17) is 5.11 Å². The molecule has 0 aliphatic carbocycles. The Balaban J connectivity index is 1.92. The number of aryl methyl sites for hydroxylation is 1. The molecule has 0 spiro atoms. The van der Waals surface area contributed by atoms with Crippen LogP contribution in [0.15, 0.2) is 12.3 Å². The van der Waals surface area contributed by atoms with Crippen molar-refractivity contribution in [3.05, 3.63) is 18.0 Å². The molecule has 1 aliphatic heterocycles. The van der Waals surface area contributed by atoms with Crippen molar-refractivity contribution >= 4 is 0 Å². The van der Waals surface area contributed by atoms with Gasteiger partial charge in [0.15, 0.2) is 0 Å². The molecule has 1 atom stereocenters. The van der Waals surface area contributed by atoms with Gasteiger partial charge in [0.2, 0.25) is 0 Å². The van der Waals surface area contributed by atoms with Crippen LogP contribution >= 0.6 is 0 Å². The number of hydrogen-bond donors (Lipinski definition) is 1. The normalized spacial score (nSPS) is 23.2. The molecule has 1 saturated heterocycles. The standard InChI is InChI=1S/C11H19N3O/c1-13-11(4-5-12-13)8-14-6-2-3-10(7-14)9-15/h4-5,10,15H,2-3,6-9H2,1H3. The molecule has 84 valence electrons. The lowest BCUT2D eigenvalue weighted by Gasteiger charge is -2.31. The lowest BCUT2D eigenvalue weighted by molar-refractivity contribution is 0.114. The molecule has 2 rings (SSSR count). The number of nitrogens with zero attached hydrogens (tertiary/aromatic N) is 3. The maximum absolute atomic E-state index is 9.15. The van der Waals surface area contributed by atoms with Crippen LogP contribution in [0, 0.1) is 5.92 Å². The first-order chi connectivity index (χ1) is 7.29. The molecule has 0 saturated carbocycles. The highest BCUT2D eigenvalue weighted by molar-refractivity contribution is 5.00. The van der Waals surface area contributed by atoms with Crippen molar-refractivity contribution in [2.24, 2.45) is 13.0 Å². The van der Waals surface area contributed by atoms with Crippen LogP contribution in [-0.2, 0) is 13.6 Å². The van der Waals surface area contributed by atoms with E-state index in [1.807, 2.05) is 17.9 Å². The van der Waals surface area contributed by atoms with Crippen LogP contribution in [0.25, 0.3) is 0 Å². The van der Waals surface area contributed by atoms with E-state index in [-0.39, 0.29) is 0 Å². The van der Waals surface area contributed by atoms with Gasteiger partial charge < -0.3 is 5.11 Å². The van der Waals surface area contributed by atoms with Crippen molar-refractivity contribution in [2.45, 2.75) is 19.4 Å². The van der Waals surface area contributed by atoms with E-state index in [1.54, 1.807) is 0 Å². The van der Waals surface area contributed by atoms with Crippen LogP contribution in [-0.4, -0.2) is 39.5 Å². The Labute approximate surface area is 90.5 Å². The zero-order chi connectivity index (χ0) is 10.7. The molecule has 4 nitrogen and oxygen atoms in total. The van der Waals surface area contributed by atoms with Crippen molar-refractivity contribution in [3.8, 4) is 0 Å². The van der Waals surface area contributed by atoms with Gasteiger partial charge in [-0.25, -0.2) is 0 Å². The second-order valence-electron chi connectivity index (χ2n) is 4.37. The zero-order valence-corrected chi connectivity index (χ0v) is 9.26. The van der Waals surface area contributed by atoms with Gasteiger partial charge in [-0.05, 0) is 31.4 Å². The Hall–Kier alpha value is -0.870. The fraction of sp³-hybridized carbons (Fsp3) is 0.727. The Morgan fingerprint density at radius 3 is 3.13 bits per heavy atom. The maximum atomic E-state index is 9.15. The van der Waals surface area contributed by atoms with Gasteiger partial charge in [-0.2, -0.15) is 5.10 Å². The van der Waals surface area contributed by atoms with Gasteiger partial charge in [-0.3, -0.25) is 9.58 Å². The van der Waals surface area contributed by atoms with E-state index >= 15 is 0 Å². The Kier molecular flexibility index (Phi) is 3.38. The van der Waals surface area contributed by atoms with Crippen molar-refractivity contribution in [2.75, 3.05) is 19.7 Å². The Bertz CT molecular complexity index is 311. The average Bonchev–Trinajstić information content (AvgIpc) is 2.65. The lowest BCUT2D eigenvalue weighted by Crippen LogP contribution is -2.36. The average molecular weight is 209 g/mol. The van der Waals surface area contributed by atoms with Gasteiger partial charge in [0.25, 0.3) is 0 Å². The van der Waals surface area contributed by atoms with Crippen LogP contribution in [0.2, 0.25) is 0 Å². The van der Waals surface area contributed by atoms with Gasteiger partial charge >= 0.3 is 0 Å². The summed E-state index contributed by atoms with van der Waals surface area (Å²) in [5.74, 6) is 0.465. The summed E-state index contributed by atoms with van der Waals surface area (Å²) in [7, 11) is 1.98. The van der Waals surface area contributed by atoms with E-state index < -0.39 is 0 Å². The van der Waals surface area contributed by atoms with Crippen molar-refractivity contribution in [3.63, 3.8) is 0 Å². The van der Waals surface area contributed by atoms with Crippen LogP contribution in [0.5, 0.6) is 0 Å². The van der Waals surface area contributed by atoms with E-state index in [0.29, 0.717) is 12.5 Å². The summed E-state index contributed by atoms with van der Waals surface area (Å²) >= 11 is 0. The number of aromatic nitrogens is 2. The molecule has 0 bridgehead atoms. The molecule has 2 heterocycles. The zero-order valence-electron chi connectivity index (χ0n) is 9.26. The molecule has 1 fully saturated rings. The van der Waals surface area contributed by atoms with E-state index in [1.165, 1.54) is 18.5 Å². The third-order valence-corrected chi connectivity index (χ3v) is 3.17. The molecule has 15 heavy (non-hydrogen) atoms. The predicted octanol–water partition coefficient (Wildman–Crippen LogP) is 0.624. The smallest absolute Gasteiger partial charge is 0.0521 e. The number of hydrogen-bond acceptors (Lipinski definition) is 3. The summed E-state index contributed by atoms with van der Waals surface area (Å²) in [6.45, 7) is 3.43. The van der Waals surface area contributed by atoms with Crippen molar-refractivity contribution in [1.82, 2.24) is 14.7 Å². The van der Waals surface area contributed by atoms with Crippen LogP contribution in [0.3, 0.4) is 0 Å². The predicted molar refractivity (Wildman–Crippen MR) is 58.3 cm³/mol. The number of aliphatic hydroxyl groups is 1. The third-order valence-electron chi connectivity index (χ3n) is 3.17. The molecule has 1 aromatic rings. The van der Waals surface area contributed by atoms with E-state index in [2.05, 4.69) is 16.1 Å². The summed E-state index contributed by atoms with van der Waals surface area (Å²) in [6, 6.07) is 2.06. The molecule has 4 heteroatoms. The van der Waals surface area contributed by atoms with Crippen LogP contribution < -0.4 is 0 Å². The first kappa shape index (κ1) is 10.6.